The molecule has 0 saturated carbocycles. The average Bonchev–Trinajstić information content (AvgIpc) is 3.67. The van der Waals surface area contributed by atoms with Gasteiger partial charge in [0, 0.05) is 45.7 Å². The largest absolute Gasteiger partial charge is 0.482 e. The summed E-state index contributed by atoms with van der Waals surface area (Å²) in [7, 11) is 2.51. The van der Waals surface area contributed by atoms with Gasteiger partial charge in [-0.25, -0.2) is 14.3 Å². The van der Waals surface area contributed by atoms with Gasteiger partial charge in [0.2, 0.25) is 16.5 Å². The van der Waals surface area contributed by atoms with Gasteiger partial charge in [0.1, 0.15) is 35.0 Å². The molecule has 2 aliphatic rings. The van der Waals surface area contributed by atoms with Crippen molar-refractivity contribution in [3.05, 3.63) is 75.2 Å². The summed E-state index contributed by atoms with van der Waals surface area (Å²) in [5.74, 6) is -9.15. The third-order valence-corrected chi connectivity index (χ3v) is 11.6. The Morgan fingerprint density at radius 1 is 0.984 bits per heavy atom. The number of hydrogen-bond donors (Lipinski definition) is 5. The van der Waals surface area contributed by atoms with Gasteiger partial charge in [0.15, 0.2) is 18.1 Å². The number of carbonyl (C=O) groups is 8. The Hall–Kier alpha value is -7.32. The molecule has 6 rings (SSSR count). The molecule has 330 valence electrons. The van der Waals surface area contributed by atoms with Crippen LogP contribution >= 0.6 is 23.5 Å². The van der Waals surface area contributed by atoms with E-state index in [1.807, 2.05) is 0 Å². The fourth-order valence-electron chi connectivity index (χ4n) is 6.59. The zero-order valence-corrected chi connectivity index (χ0v) is 34.8. The van der Waals surface area contributed by atoms with Crippen LogP contribution in [0.2, 0.25) is 0 Å². The smallest absolute Gasteiger partial charge is 0.352 e. The van der Waals surface area contributed by atoms with Gasteiger partial charge in [-0.3, -0.25) is 38.5 Å². The maximum absolute atomic E-state index is 14.4. The van der Waals surface area contributed by atoms with Crippen LogP contribution in [0, 0.1) is 0 Å². The predicted molar refractivity (Wildman–Crippen MR) is 213 cm³/mol. The Bertz CT molecular complexity index is 2680. The third-order valence-electron chi connectivity index (χ3n) is 9.22. The van der Waals surface area contributed by atoms with E-state index in [4.69, 9.17) is 29.2 Å². The quantitative estimate of drug-likeness (QED) is 0.0304. The highest BCUT2D eigenvalue weighted by Gasteiger charge is 2.67. The predicted octanol–water partition coefficient (Wildman–Crippen LogP) is -0.100. The van der Waals surface area contributed by atoms with Crippen LogP contribution in [0.4, 0.5) is 0 Å². The summed E-state index contributed by atoms with van der Waals surface area (Å²) in [6.07, 6.45) is 1.09. The molecule has 1 unspecified atom stereocenters. The number of methoxy groups -OCH3 is 1. The average molecular weight is 911 g/mol. The summed E-state index contributed by atoms with van der Waals surface area (Å²) < 4.78 is 23.5. The Labute approximate surface area is 361 Å². The van der Waals surface area contributed by atoms with E-state index < -0.39 is 94.5 Å². The molecule has 2 aliphatic heterocycles. The number of carboxylic acids is 3. The molecule has 1 fully saturated rings. The van der Waals surface area contributed by atoms with E-state index in [1.165, 1.54) is 48.0 Å². The molecule has 2 aromatic heterocycles. The van der Waals surface area contributed by atoms with E-state index in [9.17, 15) is 48.3 Å². The first-order chi connectivity index (χ1) is 29.9. The van der Waals surface area contributed by atoms with E-state index in [2.05, 4.69) is 26.2 Å². The summed E-state index contributed by atoms with van der Waals surface area (Å²) in [5, 5.41) is 43.1. The number of aliphatic carboxylic acids is 3. The van der Waals surface area contributed by atoms with Crippen LogP contribution in [0.15, 0.2) is 63.8 Å². The minimum absolute atomic E-state index is 0.00464. The molecule has 3 atom stereocenters. The van der Waals surface area contributed by atoms with Crippen molar-refractivity contribution in [2.45, 2.75) is 42.7 Å². The van der Waals surface area contributed by atoms with Gasteiger partial charge < -0.3 is 49.5 Å². The molecule has 63 heavy (non-hydrogen) atoms. The maximum Gasteiger partial charge on any atom is 0.352 e. The fourth-order valence-corrected chi connectivity index (χ4v) is 9.04. The second-order valence-electron chi connectivity index (χ2n) is 13.4. The van der Waals surface area contributed by atoms with Crippen molar-refractivity contribution in [1.82, 2.24) is 40.3 Å². The Kier molecular flexibility index (Phi) is 13.2. The molecule has 0 spiro atoms. The lowest BCUT2D eigenvalue weighted by Gasteiger charge is -2.56. The number of rotatable bonds is 17. The highest BCUT2D eigenvalue weighted by Crippen LogP contribution is 2.47. The summed E-state index contributed by atoms with van der Waals surface area (Å²) in [4.78, 5) is 116. The van der Waals surface area contributed by atoms with Gasteiger partial charge >= 0.3 is 29.8 Å². The van der Waals surface area contributed by atoms with Crippen LogP contribution in [-0.4, -0.2) is 129 Å². The van der Waals surface area contributed by atoms with E-state index in [-0.39, 0.29) is 56.0 Å². The summed E-state index contributed by atoms with van der Waals surface area (Å²) in [6.45, 7) is 0.944. The number of β-lactam (4-membered cyclic amide) rings is 1. The summed E-state index contributed by atoms with van der Waals surface area (Å²) >= 11 is 1.97. The molecular weight excluding hydrogens is 877 g/mol. The van der Waals surface area contributed by atoms with Gasteiger partial charge in [0.25, 0.3) is 17.5 Å². The van der Waals surface area contributed by atoms with Gasteiger partial charge in [-0.05, 0) is 45.8 Å². The standard InChI is InChI=1S/C37H34N8O16S2/c1-16(46)60-23-10-9-21-28(30(23)61-17(2)47)43(3)11-22(29(21)52)31(53)38-26(18-5-7-20(8-6-18)59-13-25(50)51)32(54)39-37(58-4)34(57)45-27(33(55)56)19(14-62-35(37)45)15-63-36-40-41-42-44(36)12-24(48)49/h5-11,26,35H,12-15H2,1-4H3,(H,38,53)(H,39,54)(H,48,49)(H,50,51)(H,55,56)/t26?,35-,37-/m0/s1. The minimum Gasteiger partial charge on any atom is -0.482 e. The summed E-state index contributed by atoms with van der Waals surface area (Å²) in [6, 6.07) is 5.96. The maximum atomic E-state index is 14.4. The minimum atomic E-state index is -2.19. The SMILES string of the molecule is CO[C@@]1(NC(=O)C(NC(=O)c2cn(C)c3c(OC(C)=O)c(OC(C)=O)ccc3c2=O)c2ccc(OCC(=O)O)cc2)C(=O)N2C(C(=O)O)=C(CSc3nnnn3CC(=O)O)CS[C@H]21. The molecule has 0 radical (unpaired) electrons. The van der Waals surface area contributed by atoms with E-state index >= 15 is 0 Å². The second kappa shape index (κ2) is 18.3. The van der Waals surface area contributed by atoms with E-state index in [1.54, 1.807) is 0 Å². The van der Waals surface area contributed by atoms with Crippen molar-refractivity contribution in [3.63, 3.8) is 0 Å². The molecule has 2 aromatic carbocycles. The highest BCUT2D eigenvalue weighted by molar-refractivity contribution is 8.01. The van der Waals surface area contributed by atoms with Crippen molar-refractivity contribution in [3.8, 4) is 17.2 Å². The number of ether oxygens (including phenoxy) is 4. The van der Waals surface area contributed by atoms with E-state index in [0.29, 0.717) is 0 Å². The lowest BCUT2D eigenvalue weighted by molar-refractivity contribution is -0.192. The van der Waals surface area contributed by atoms with Crippen LogP contribution in [-0.2, 0) is 51.9 Å². The first-order valence-electron chi connectivity index (χ1n) is 18.0. The van der Waals surface area contributed by atoms with Crippen molar-refractivity contribution >= 4 is 82.0 Å². The molecule has 1 saturated heterocycles. The van der Waals surface area contributed by atoms with Gasteiger partial charge in [0.05, 0.1) is 10.9 Å². The topological polar surface area (TPSA) is 327 Å². The Morgan fingerprint density at radius 2 is 1.68 bits per heavy atom. The molecule has 0 bridgehead atoms. The lowest BCUT2D eigenvalue weighted by Crippen LogP contribution is -2.81. The number of carboxylic acid groups (broad SMARTS) is 3. The number of aryl methyl sites for hydroxylation is 1. The van der Waals surface area contributed by atoms with Crippen molar-refractivity contribution in [2.75, 3.05) is 25.2 Å². The number of fused-ring (bicyclic) bond motifs is 2. The molecule has 24 nitrogen and oxygen atoms in total. The number of nitrogens with one attached hydrogen (secondary N) is 2. The fraction of sp³-hybridized carbons (Fsp3) is 0.297. The number of esters is 2. The molecule has 4 aromatic rings. The van der Waals surface area contributed by atoms with Crippen LogP contribution in [0.5, 0.6) is 17.2 Å². The lowest BCUT2D eigenvalue weighted by atomic mass is 9.96. The Morgan fingerprint density at radius 3 is 2.30 bits per heavy atom. The number of benzene rings is 2. The zero-order chi connectivity index (χ0) is 45.9. The molecule has 5 N–H and O–H groups in total. The number of pyridine rings is 1. The zero-order valence-electron chi connectivity index (χ0n) is 33.2. The van der Waals surface area contributed by atoms with Gasteiger partial charge in [-0.1, -0.05) is 23.9 Å². The highest BCUT2D eigenvalue weighted by atomic mass is 32.2. The molecule has 4 heterocycles. The monoisotopic (exact) mass is 910 g/mol. The van der Waals surface area contributed by atoms with Crippen molar-refractivity contribution in [2.24, 2.45) is 7.05 Å². The number of aromatic nitrogens is 5. The number of tetrazole rings is 1. The number of carbonyl (C=O) groups excluding carboxylic acids is 5. The molecule has 3 amide bonds. The van der Waals surface area contributed by atoms with Gasteiger partial charge in [-0.2, -0.15) is 0 Å². The first-order valence-corrected chi connectivity index (χ1v) is 20.1. The second-order valence-corrected chi connectivity index (χ2v) is 15.5. The van der Waals surface area contributed by atoms with Crippen LogP contribution in [0.1, 0.15) is 35.8 Å². The van der Waals surface area contributed by atoms with Crippen molar-refractivity contribution in [1.29, 1.82) is 0 Å². The van der Waals surface area contributed by atoms with Crippen molar-refractivity contribution < 1.29 is 72.6 Å². The number of hydrogen-bond acceptors (Lipinski definition) is 18. The van der Waals surface area contributed by atoms with Gasteiger partial charge in [-0.15, -0.1) is 16.9 Å². The number of nitrogens with zero attached hydrogens (tertiary/aromatic N) is 6. The number of thioether (sulfide) groups is 2. The molecule has 26 heteroatoms. The normalized spacial score (nSPS) is 17.2. The van der Waals surface area contributed by atoms with Crippen LogP contribution in [0.3, 0.4) is 0 Å². The van der Waals surface area contributed by atoms with Crippen LogP contribution in [0.25, 0.3) is 10.9 Å². The first kappa shape index (κ1) is 45.2. The Balaban J connectivity index is 1.32. The number of amides is 3. The molecule has 0 aliphatic carbocycles. The molecular formula is C37H34N8O16S2. The van der Waals surface area contributed by atoms with Crippen LogP contribution < -0.4 is 30.3 Å². The summed E-state index contributed by atoms with van der Waals surface area (Å²) in [5.41, 5.74) is -3.73. The third kappa shape index (κ3) is 9.16. The van der Waals surface area contributed by atoms with E-state index in [0.717, 1.165) is 60.3 Å².